The van der Waals surface area contributed by atoms with Gasteiger partial charge in [0, 0.05) is 16.8 Å². The van der Waals surface area contributed by atoms with Crippen LogP contribution >= 0.6 is 11.8 Å². The fourth-order valence-corrected chi connectivity index (χ4v) is 4.52. The predicted octanol–water partition coefficient (Wildman–Crippen LogP) is 4.52. The number of hydrogen-bond acceptors (Lipinski definition) is 9. The van der Waals surface area contributed by atoms with Gasteiger partial charge in [0.1, 0.15) is 5.75 Å². The molecule has 11 heteroatoms. The van der Waals surface area contributed by atoms with Crippen LogP contribution in [0, 0.1) is 6.92 Å². The molecule has 1 amide bonds. The highest BCUT2D eigenvalue weighted by Gasteiger charge is 2.18. The molecule has 0 bridgehead atoms. The molecule has 0 saturated carbocycles. The first-order valence-corrected chi connectivity index (χ1v) is 12.9. The maximum Gasteiger partial charge on any atom is 0.250 e. The topological polar surface area (TPSA) is 109 Å². The van der Waals surface area contributed by atoms with Crippen molar-refractivity contribution in [2.45, 2.75) is 12.1 Å². The molecule has 3 aromatic carbocycles. The van der Waals surface area contributed by atoms with Crippen LogP contribution in [0.4, 0.5) is 0 Å². The molecule has 1 N–H and O–H groups in total. The molecular formula is C28H29N5O5S. The molecule has 0 aliphatic heterocycles. The number of nitrogens with zero attached hydrogens (tertiary/aromatic N) is 4. The molecule has 39 heavy (non-hydrogen) atoms. The van der Waals surface area contributed by atoms with E-state index in [2.05, 4.69) is 20.7 Å². The van der Waals surface area contributed by atoms with Crippen LogP contribution in [0.5, 0.6) is 23.0 Å². The monoisotopic (exact) mass is 547 g/mol. The van der Waals surface area contributed by atoms with Crippen LogP contribution in [0.3, 0.4) is 0 Å². The fourth-order valence-electron chi connectivity index (χ4n) is 3.78. The van der Waals surface area contributed by atoms with Gasteiger partial charge in [-0.05, 0) is 43.3 Å². The zero-order valence-electron chi connectivity index (χ0n) is 22.3. The van der Waals surface area contributed by atoms with E-state index in [1.165, 1.54) is 32.2 Å². The third kappa shape index (κ3) is 6.32. The zero-order valence-corrected chi connectivity index (χ0v) is 23.1. The summed E-state index contributed by atoms with van der Waals surface area (Å²) in [7, 11) is 6.21. The second-order valence-corrected chi connectivity index (χ2v) is 9.15. The number of ether oxygens (including phenoxy) is 4. The first-order valence-electron chi connectivity index (χ1n) is 11.9. The van der Waals surface area contributed by atoms with Gasteiger partial charge in [-0.1, -0.05) is 41.6 Å². The third-order valence-corrected chi connectivity index (χ3v) is 6.66. The molecule has 4 aromatic rings. The zero-order chi connectivity index (χ0) is 27.8. The lowest BCUT2D eigenvalue weighted by Gasteiger charge is -2.13. The van der Waals surface area contributed by atoms with Crippen LogP contribution in [0.25, 0.3) is 17.1 Å². The van der Waals surface area contributed by atoms with Gasteiger partial charge >= 0.3 is 0 Å². The Balaban J connectivity index is 1.51. The lowest BCUT2D eigenvalue weighted by molar-refractivity contribution is -0.118. The van der Waals surface area contributed by atoms with E-state index in [1.807, 2.05) is 60.0 Å². The van der Waals surface area contributed by atoms with E-state index in [-0.39, 0.29) is 11.7 Å². The summed E-state index contributed by atoms with van der Waals surface area (Å²) in [5.74, 6) is 2.58. The van der Waals surface area contributed by atoms with E-state index < -0.39 is 0 Å². The third-order valence-electron chi connectivity index (χ3n) is 5.73. The Morgan fingerprint density at radius 2 is 1.62 bits per heavy atom. The molecule has 10 nitrogen and oxygen atoms in total. The van der Waals surface area contributed by atoms with Crippen molar-refractivity contribution in [3.05, 3.63) is 71.8 Å². The number of hydrazone groups is 1. The van der Waals surface area contributed by atoms with Crippen LogP contribution in [0.1, 0.15) is 11.1 Å². The van der Waals surface area contributed by atoms with Gasteiger partial charge in [0.25, 0.3) is 5.91 Å². The minimum absolute atomic E-state index is 0.0720. The number of benzene rings is 3. The molecule has 0 aliphatic carbocycles. The standard InChI is InChI=1S/C28H29N5O5S/c1-18-6-8-19(9-7-18)27-31-32-28(33(27)21-11-13-22(35-2)14-12-21)39-17-24(34)30-29-16-20-10-15-23(36-3)26(38-5)25(20)37-4/h6-16H,17H2,1-5H3,(H,30,34). The van der Waals surface area contributed by atoms with E-state index in [4.69, 9.17) is 18.9 Å². The van der Waals surface area contributed by atoms with Crippen molar-refractivity contribution in [2.75, 3.05) is 34.2 Å². The van der Waals surface area contributed by atoms with Crippen LogP contribution < -0.4 is 24.4 Å². The van der Waals surface area contributed by atoms with Gasteiger partial charge in [0.05, 0.1) is 40.4 Å². The first-order chi connectivity index (χ1) is 19.0. The van der Waals surface area contributed by atoms with Gasteiger partial charge in [-0.25, -0.2) is 5.43 Å². The maximum absolute atomic E-state index is 12.6. The lowest BCUT2D eigenvalue weighted by atomic mass is 10.1. The summed E-state index contributed by atoms with van der Waals surface area (Å²) in [5.41, 5.74) is 6.06. The Hall–Kier alpha value is -4.51. The minimum Gasteiger partial charge on any atom is -0.497 e. The van der Waals surface area contributed by atoms with Gasteiger partial charge in [-0.3, -0.25) is 9.36 Å². The van der Waals surface area contributed by atoms with Gasteiger partial charge < -0.3 is 18.9 Å². The number of amides is 1. The van der Waals surface area contributed by atoms with Crippen molar-refractivity contribution in [1.82, 2.24) is 20.2 Å². The number of nitrogens with one attached hydrogen (secondary N) is 1. The number of thioether (sulfide) groups is 1. The minimum atomic E-state index is -0.308. The molecule has 202 valence electrons. The second kappa shape index (κ2) is 12.8. The van der Waals surface area contributed by atoms with Crippen LogP contribution in [-0.4, -0.2) is 61.1 Å². The molecular weight excluding hydrogens is 518 g/mol. The smallest absolute Gasteiger partial charge is 0.250 e. The summed E-state index contributed by atoms with van der Waals surface area (Å²) in [6.07, 6.45) is 1.48. The molecule has 0 atom stereocenters. The molecule has 1 heterocycles. The Morgan fingerprint density at radius 3 is 2.26 bits per heavy atom. The van der Waals surface area contributed by atoms with Gasteiger partial charge in [-0.2, -0.15) is 5.10 Å². The summed E-state index contributed by atoms with van der Waals surface area (Å²) in [4.78, 5) is 12.6. The number of aromatic nitrogens is 3. The highest BCUT2D eigenvalue weighted by atomic mass is 32.2. The molecule has 4 rings (SSSR count). The summed E-state index contributed by atoms with van der Waals surface area (Å²) in [6, 6.07) is 19.1. The van der Waals surface area contributed by atoms with Crippen molar-refractivity contribution < 1.29 is 23.7 Å². The van der Waals surface area contributed by atoms with E-state index in [0.29, 0.717) is 33.8 Å². The average molecular weight is 548 g/mol. The van der Waals surface area contributed by atoms with Gasteiger partial charge in [0.15, 0.2) is 22.5 Å². The molecule has 0 radical (unpaired) electrons. The SMILES string of the molecule is COc1ccc(-n2c(SCC(=O)NN=Cc3ccc(OC)c(OC)c3OC)nnc2-c2ccc(C)cc2)cc1. The summed E-state index contributed by atoms with van der Waals surface area (Å²) < 4.78 is 23.4. The second-order valence-electron chi connectivity index (χ2n) is 8.21. The number of rotatable bonds is 11. The maximum atomic E-state index is 12.6. The Labute approximate surface area is 231 Å². The largest absolute Gasteiger partial charge is 0.497 e. The highest BCUT2D eigenvalue weighted by Crippen LogP contribution is 2.39. The molecule has 1 aromatic heterocycles. The number of carbonyl (C=O) groups is 1. The van der Waals surface area contributed by atoms with E-state index >= 15 is 0 Å². The number of hydrogen-bond donors (Lipinski definition) is 1. The van der Waals surface area contributed by atoms with E-state index in [0.717, 1.165) is 22.6 Å². The quantitative estimate of drug-likeness (QED) is 0.166. The van der Waals surface area contributed by atoms with Crippen LogP contribution in [-0.2, 0) is 4.79 Å². The number of carbonyl (C=O) groups excluding carboxylic acids is 1. The van der Waals surface area contributed by atoms with Crippen molar-refractivity contribution in [3.8, 4) is 40.1 Å². The van der Waals surface area contributed by atoms with Gasteiger partial charge in [0.2, 0.25) is 5.75 Å². The average Bonchev–Trinajstić information content (AvgIpc) is 3.39. The molecule has 0 aliphatic rings. The highest BCUT2D eigenvalue weighted by molar-refractivity contribution is 7.99. The van der Waals surface area contributed by atoms with E-state index in [1.54, 1.807) is 26.4 Å². The first kappa shape index (κ1) is 27.5. The van der Waals surface area contributed by atoms with Crippen molar-refractivity contribution in [2.24, 2.45) is 5.10 Å². The molecule has 0 saturated heterocycles. The fraction of sp³-hybridized carbons (Fsp3) is 0.214. The molecule has 0 unspecified atom stereocenters. The van der Waals surface area contributed by atoms with Gasteiger partial charge in [-0.15, -0.1) is 10.2 Å². The number of methoxy groups -OCH3 is 4. The Bertz CT molecular complexity index is 1450. The molecule has 0 spiro atoms. The van der Waals surface area contributed by atoms with E-state index in [9.17, 15) is 4.79 Å². The van der Waals surface area contributed by atoms with Crippen molar-refractivity contribution in [3.63, 3.8) is 0 Å². The summed E-state index contributed by atoms with van der Waals surface area (Å²) >= 11 is 1.25. The lowest BCUT2D eigenvalue weighted by Crippen LogP contribution is -2.20. The Morgan fingerprint density at radius 1 is 0.897 bits per heavy atom. The van der Waals surface area contributed by atoms with Crippen LogP contribution in [0.2, 0.25) is 0 Å². The van der Waals surface area contributed by atoms with Crippen molar-refractivity contribution in [1.29, 1.82) is 0 Å². The number of aryl methyl sites for hydroxylation is 1. The normalized spacial score (nSPS) is 10.9. The Kier molecular flexibility index (Phi) is 9.06. The molecule has 0 fully saturated rings. The predicted molar refractivity (Wildman–Crippen MR) is 151 cm³/mol. The van der Waals surface area contributed by atoms with Crippen LogP contribution in [0.15, 0.2) is 70.9 Å². The van der Waals surface area contributed by atoms with Crippen molar-refractivity contribution >= 4 is 23.9 Å². The summed E-state index contributed by atoms with van der Waals surface area (Å²) in [5, 5.41) is 13.5. The summed E-state index contributed by atoms with van der Waals surface area (Å²) in [6.45, 7) is 2.03.